The van der Waals surface area contributed by atoms with Gasteiger partial charge in [0.25, 0.3) is 0 Å². The number of rotatable bonds is 4. The molecule has 0 fully saturated rings. The smallest absolute Gasteiger partial charge is 0.161 e. The second kappa shape index (κ2) is 5.29. The van der Waals surface area contributed by atoms with E-state index in [1.807, 2.05) is 30.3 Å². The predicted octanol–water partition coefficient (Wildman–Crippen LogP) is 4.04. The van der Waals surface area contributed by atoms with Gasteiger partial charge in [0.1, 0.15) is 5.76 Å². The summed E-state index contributed by atoms with van der Waals surface area (Å²) < 4.78 is 16.4. The summed E-state index contributed by atoms with van der Waals surface area (Å²) in [7, 11) is 3.27. The van der Waals surface area contributed by atoms with Gasteiger partial charge in [-0.1, -0.05) is 30.3 Å². The third-order valence-electron chi connectivity index (χ3n) is 3.39. The first-order chi connectivity index (χ1) is 9.81. The maximum Gasteiger partial charge on any atom is 0.161 e. The third-order valence-corrected chi connectivity index (χ3v) is 3.39. The van der Waals surface area contributed by atoms with Crippen molar-refractivity contribution in [2.45, 2.75) is 6.42 Å². The van der Waals surface area contributed by atoms with Crippen molar-refractivity contribution in [1.29, 1.82) is 0 Å². The summed E-state index contributed by atoms with van der Waals surface area (Å²) in [6.45, 7) is 0. The van der Waals surface area contributed by atoms with Crippen molar-refractivity contribution < 1.29 is 13.9 Å². The van der Waals surface area contributed by atoms with Crippen molar-refractivity contribution in [2.75, 3.05) is 14.2 Å². The molecule has 0 aliphatic carbocycles. The van der Waals surface area contributed by atoms with Crippen LogP contribution in [0.25, 0.3) is 10.8 Å². The van der Waals surface area contributed by atoms with Crippen LogP contribution in [0.15, 0.2) is 53.1 Å². The normalized spacial score (nSPS) is 10.7. The van der Waals surface area contributed by atoms with E-state index in [0.29, 0.717) is 5.75 Å². The molecule has 0 bridgehead atoms. The molecule has 2 aromatic carbocycles. The van der Waals surface area contributed by atoms with E-state index in [1.54, 1.807) is 20.5 Å². The van der Waals surface area contributed by atoms with Crippen LogP contribution >= 0.6 is 0 Å². The van der Waals surface area contributed by atoms with Crippen LogP contribution in [0.2, 0.25) is 0 Å². The Balaban J connectivity index is 2.04. The second-order valence-corrected chi connectivity index (χ2v) is 4.62. The van der Waals surface area contributed by atoms with Crippen LogP contribution in [-0.4, -0.2) is 14.2 Å². The molecule has 0 N–H and O–H groups in total. The van der Waals surface area contributed by atoms with Crippen molar-refractivity contribution in [3.05, 3.63) is 60.1 Å². The average Bonchev–Trinajstić information content (AvgIpc) is 2.89. The Bertz CT molecular complexity index is 714. The van der Waals surface area contributed by atoms with E-state index in [0.717, 1.165) is 28.7 Å². The number of hydrogen-bond donors (Lipinski definition) is 0. The summed E-state index contributed by atoms with van der Waals surface area (Å²) in [5.74, 6) is 2.37. The van der Waals surface area contributed by atoms with Gasteiger partial charge in [-0.2, -0.15) is 0 Å². The highest BCUT2D eigenvalue weighted by molar-refractivity contribution is 5.87. The molecular formula is C17H16O3. The second-order valence-electron chi connectivity index (χ2n) is 4.62. The molecule has 3 aromatic rings. The summed E-state index contributed by atoms with van der Waals surface area (Å²) in [5.41, 5.74) is 1.22. The fourth-order valence-electron chi connectivity index (χ4n) is 2.35. The number of furan rings is 1. The quantitative estimate of drug-likeness (QED) is 0.715. The molecule has 3 heteroatoms. The average molecular weight is 268 g/mol. The van der Waals surface area contributed by atoms with Gasteiger partial charge >= 0.3 is 0 Å². The summed E-state index contributed by atoms with van der Waals surface area (Å²) >= 11 is 0. The van der Waals surface area contributed by atoms with Crippen LogP contribution in [0, 0.1) is 0 Å². The standard InChI is InChI=1S/C17H16O3/c1-18-16-9-13-11-20-15(14(13)10-17(16)19-2)8-12-6-4-3-5-7-12/h3-7,9-11H,8H2,1-2H3. The highest BCUT2D eigenvalue weighted by Crippen LogP contribution is 2.35. The molecule has 0 radical (unpaired) electrons. The Labute approximate surface area is 117 Å². The molecule has 0 atom stereocenters. The number of fused-ring (bicyclic) bond motifs is 1. The Morgan fingerprint density at radius 2 is 1.65 bits per heavy atom. The Hall–Kier alpha value is -2.42. The van der Waals surface area contributed by atoms with Gasteiger partial charge in [-0.3, -0.25) is 0 Å². The molecule has 0 unspecified atom stereocenters. The maximum absolute atomic E-state index is 5.71. The van der Waals surface area contributed by atoms with Crippen molar-refractivity contribution in [1.82, 2.24) is 0 Å². The van der Waals surface area contributed by atoms with Crippen LogP contribution in [0.4, 0.5) is 0 Å². The lowest BCUT2D eigenvalue weighted by atomic mass is 10.1. The van der Waals surface area contributed by atoms with Crippen molar-refractivity contribution in [2.24, 2.45) is 0 Å². The molecule has 0 saturated carbocycles. The van der Waals surface area contributed by atoms with E-state index in [2.05, 4.69) is 12.1 Å². The molecule has 0 saturated heterocycles. The van der Waals surface area contributed by atoms with E-state index in [-0.39, 0.29) is 0 Å². The summed E-state index contributed by atoms with van der Waals surface area (Å²) in [6.07, 6.45) is 2.52. The monoisotopic (exact) mass is 268 g/mol. The van der Waals surface area contributed by atoms with Crippen LogP contribution in [0.5, 0.6) is 11.5 Å². The summed E-state index contributed by atoms with van der Waals surface area (Å²) in [5, 5.41) is 2.08. The number of methoxy groups -OCH3 is 2. The number of ether oxygens (including phenoxy) is 2. The maximum atomic E-state index is 5.71. The molecule has 0 amide bonds. The summed E-state index contributed by atoms with van der Waals surface area (Å²) in [6, 6.07) is 14.2. The first-order valence-corrected chi connectivity index (χ1v) is 6.48. The Morgan fingerprint density at radius 3 is 2.35 bits per heavy atom. The lowest BCUT2D eigenvalue weighted by Gasteiger charge is -2.07. The minimum Gasteiger partial charge on any atom is -0.493 e. The van der Waals surface area contributed by atoms with Crippen LogP contribution in [-0.2, 0) is 6.42 Å². The van der Waals surface area contributed by atoms with E-state index in [4.69, 9.17) is 13.9 Å². The molecule has 3 nitrogen and oxygen atoms in total. The first kappa shape index (κ1) is 12.6. The zero-order valence-electron chi connectivity index (χ0n) is 11.6. The number of benzene rings is 2. The Kier molecular flexibility index (Phi) is 3.33. The van der Waals surface area contributed by atoms with Gasteiger partial charge in [0.15, 0.2) is 11.5 Å². The minimum absolute atomic E-state index is 0.715. The topological polar surface area (TPSA) is 31.6 Å². The molecule has 102 valence electrons. The van der Waals surface area contributed by atoms with E-state index < -0.39 is 0 Å². The van der Waals surface area contributed by atoms with E-state index >= 15 is 0 Å². The van der Waals surface area contributed by atoms with Gasteiger partial charge in [-0.25, -0.2) is 0 Å². The van der Waals surface area contributed by atoms with Crippen LogP contribution in [0.3, 0.4) is 0 Å². The van der Waals surface area contributed by atoms with Crippen molar-refractivity contribution in [3.8, 4) is 11.5 Å². The molecule has 0 aliphatic rings. The molecular weight excluding hydrogens is 252 g/mol. The molecule has 1 aromatic heterocycles. The Morgan fingerprint density at radius 1 is 0.950 bits per heavy atom. The first-order valence-electron chi connectivity index (χ1n) is 6.48. The molecule has 3 rings (SSSR count). The van der Waals surface area contributed by atoms with Crippen molar-refractivity contribution >= 4 is 10.8 Å². The zero-order valence-corrected chi connectivity index (χ0v) is 11.6. The highest BCUT2D eigenvalue weighted by Gasteiger charge is 2.12. The minimum atomic E-state index is 0.715. The van der Waals surface area contributed by atoms with Crippen LogP contribution < -0.4 is 9.47 Å². The lowest BCUT2D eigenvalue weighted by Crippen LogP contribution is -1.91. The van der Waals surface area contributed by atoms with Crippen LogP contribution in [0.1, 0.15) is 11.3 Å². The molecule has 20 heavy (non-hydrogen) atoms. The third kappa shape index (κ3) is 2.23. The van der Waals surface area contributed by atoms with Gasteiger partial charge in [-0.05, 0) is 17.7 Å². The molecule has 0 aliphatic heterocycles. The summed E-state index contributed by atoms with van der Waals surface area (Å²) in [4.78, 5) is 0. The fraction of sp³-hybridized carbons (Fsp3) is 0.176. The SMILES string of the molecule is COc1cc2coc(Cc3ccccc3)c2cc1OC. The lowest BCUT2D eigenvalue weighted by molar-refractivity contribution is 0.356. The van der Waals surface area contributed by atoms with Gasteiger partial charge in [0.2, 0.25) is 0 Å². The van der Waals surface area contributed by atoms with Crippen molar-refractivity contribution in [3.63, 3.8) is 0 Å². The van der Waals surface area contributed by atoms with Gasteiger partial charge < -0.3 is 13.9 Å². The molecule has 1 heterocycles. The molecule has 0 spiro atoms. The van der Waals surface area contributed by atoms with Gasteiger partial charge in [0.05, 0.1) is 20.5 Å². The predicted molar refractivity (Wildman–Crippen MR) is 78.6 cm³/mol. The van der Waals surface area contributed by atoms with E-state index in [9.17, 15) is 0 Å². The van der Waals surface area contributed by atoms with Gasteiger partial charge in [-0.15, -0.1) is 0 Å². The zero-order chi connectivity index (χ0) is 13.9. The van der Waals surface area contributed by atoms with Gasteiger partial charge in [0, 0.05) is 17.2 Å². The highest BCUT2D eigenvalue weighted by atomic mass is 16.5. The fourth-order valence-corrected chi connectivity index (χ4v) is 2.35. The van der Waals surface area contributed by atoms with E-state index in [1.165, 1.54) is 5.56 Å². The largest absolute Gasteiger partial charge is 0.493 e. The number of hydrogen-bond acceptors (Lipinski definition) is 3.